The normalized spacial score (nSPS) is 12.9. The molecule has 1 aromatic heterocycles. The number of rotatable bonds is 4. The van der Waals surface area contributed by atoms with Crippen molar-refractivity contribution in [3.05, 3.63) is 70.1 Å². The lowest BCUT2D eigenvalue weighted by Crippen LogP contribution is -2.18. The highest BCUT2D eigenvalue weighted by atomic mass is 16.5. The molecule has 0 atom stereocenters. The van der Waals surface area contributed by atoms with Crippen molar-refractivity contribution in [3.63, 3.8) is 0 Å². The first-order valence-electron chi connectivity index (χ1n) is 8.32. The van der Waals surface area contributed by atoms with Crippen LogP contribution in [-0.4, -0.2) is 20.3 Å². The van der Waals surface area contributed by atoms with E-state index in [1.807, 2.05) is 49.4 Å². The van der Waals surface area contributed by atoms with Gasteiger partial charge in [-0.3, -0.25) is 0 Å². The molecule has 0 N–H and O–H groups in total. The average Bonchev–Trinajstić information content (AvgIpc) is 2.67. The summed E-state index contributed by atoms with van der Waals surface area (Å²) in [5, 5.41) is 0.801. The van der Waals surface area contributed by atoms with Crippen LogP contribution < -0.4 is 19.8 Å². The van der Waals surface area contributed by atoms with Crippen molar-refractivity contribution in [2.45, 2.75) is 6.92 Å². The number of fused-ring (bicyclic) bond motifs is 3. The Hall–Kier alpha value is -3.21. The summed E-state index contributed by atoms with van der Waals surface area (Å²) < 4.78 is 22.2. The molecule has 2 aromatic carbocycles. The quantitative estimate of drug-likeness (QED) is 0.667. The number of aryl methyl sites for hydroxylation is 1. The van der Waals surface area contributed by atoms with E-state index in [2.05, 4.69) is 0 Å². The zero-order valence-electron chi connectivity index (χ0n) is 14.6. The highest BCUT2D eigenvalue weighted by Gasteiger charge is 2.23. The summed E-state index contributed by atoms with van der Waals surface area (Å²) in [4.78, 5) is 12.5. The third-order valence-corrected chi connectivity index (χ3v) is 4.35. The topological polar surface area (TPSA) is 57.9 Å². The fraction of sp³-hybridized carbons (Fsp3) is 0.190. The second-order valence-corrected chi connectivity index (χ2v) is 6.10. The maximum absolute atomic E-state index is 12.5. The van der Waals surface area contributed by atoms with E-state index in [0.29, 0.717) is 29.3 Å². The summed E-state index contributed by atoms with van der Waals surface area (Å²) in [5.41, 5.74) is 2.38. The second kappa shape index (κ2) is 6.59. The minimum absolute atomic E-state index is 0.255. The Labute approximate surface area is 150 Å². The van der Waals surface area contributed by atoms with Crippen LogP contribution in [0.1, 0.15) is 11.1 Å². The molecule has 5 heteroatoms. The smallest absolute Gasteiger partial charge is 0.347 e. The van der Waals surface area contributed by atoms with Gasteiger partial charge in [-0.1, -0.05) is 11.6 Å². The molecule has 1 aliphatic heterocycles. The Morgan fingerprint density at radius 3 is 2.62 bits per heavy atom. The predicted octanol–water partition coefficient (Wildman–Crippen LogP) is 3.96. The molecule has 3 aromatic rings. The molecule has 0 unspecified atom stereocenters. The molecule has 0 saturated heterocycles. The van der Waals surface area contributed by atoms with Crippen LogP contribution in [-0.2, 0) is 0 Å². The minimum Gasteiger partial charge on any atom is -0.497 e. The van der Waals surface area contributed by atoms with E-state index in [4.69, 9.17) is 18.6 Å². The maximum atomic E-state index is 12.5. The summed E-state index contributed by atoms with van der Waals surface area (Å²) in [7, 11) is 1.62. The van der Waals surface area contributed by atoms with Gasteiger partial charge in [0.25, 0.3) is 0 Å². The van der Waals surface area contributed by atoms with Gasteiger partial charge in [-0.2, -0.15) is 0 Å². The van der Waals surface area contributed by atoms with Gasteiger partial charge in [0.05, 0.1) is 12.5 Å². The molecule has 0 fully saturated rings. The molecule has 0 spiro atoms. The monoisotopic (exact) mass is 350 g/mol. The first kappa shape index (κ1) is 16.3. The molecular weight excluding hydrogens is 332 g/mol. The molecule has 1 aliphatic rings. The SMILES string of the molecule is COc1ccc(OCC2=CCOc3c2c(=O)oc2ccc(C)cc32)cc1. The Balaban J connectivity index is 1.67. The second-order valence-electron chi connectivity index (χ2n) is 6.10. The van der Waals surface area contributed by atoms with E-state index in [9.17, 15) is 4.79 Å². The van der Waals surface area contributed by atoms with Crippen LogP contribution >= 0.6 is 0 Å². The van der Waals surface area contributed by atoms with Crippen molar-refractivity contribution in [1.29, 1.82) is 0 Å². The largest absolute Gasteiger partial charge is 0.497 e. The summed E-state index contributed by atoms with van der Waals surface area (Å²) >= 11 is 0. The van der Waals surface area contributed by atoms with Crippen molar-refractivity contribution < 1.29 is 18.6 Å². The summed E-state index contributed by atoms with van der Waals surface area (Å²) in [6, 6.07) is 13.0. The molecule has 0 amide bonds. The lowest BCUT2D eigenvalue weighted by Gasteiger charge is -2.19. The molecule has 0 bridgehead atoms. The molecule has 5 nitrogen and oxygen atoms in total. The first-order valence-corrected chi connectivity index (χ1v) is 8.32. The van der Waals surface area contributed by atoms with Gasteiger partial charge in [-0.15, -0.1) is 0 Å². The first-order chi connectivity index (χ1) is 12.7. The highest BCUT2D eigenvalue weighted by molar-refractivity contribution is 5.90. The highest BCUT2D eigenvalue weighted by Crippen LogP contribution is 2.35. The van der Waals surface area contributed by atoms with E-state index in [0.717, 1.165) is 22.3 Å². The van der Waals surface area contributed by atoms with Gasteiger partial charge >= 0.3 is 5.63 Å². The summed E-state index contributed by atoms with van der Waals surface area (Å²) in [6.45, 7) is 2.63. The van der Waals surface area contributed by atoms with Crippen molar-refractivity contribution in [3.8, 4) is 17.2 Å². The number of methoxy groups -OCH3 is 1. The van der Waals surface area contributed by atoms with E-state index in [-0.39, 0.29) is 6.61 Å². The van der Waals surface area contributed by atoms with Crippen LogP contribution in [0.25, 0.3) is 16.5 Å². The number of ether oxygens (including phenoxy) is 3. The van der Waals surface area contributed by atoms with E-state index in [1.165, 1.54) is 0 Å². The van der Waals surface area contributed by atoms with Crippen LogP contribution in [0.3, 0.4) is 0 Å². The molecule has 0 radical (unpaired) electrons. The van der Waals surface area contributed by atoms with Gasteiger partial charge in [-0.25, -0.2) is 4.79 Å². The number of benzene rings is 2. The van der Waals surface area contributed by atoms with E-state index >= 15 is 0 Å². The van der Waals surface area contributed by atoms with Crippen molar-refractivity contribution in [1.82, 2.24) is 0 Å². The van der Waals surface area contributed by atoms with Crippen molar-refractivity contribution >= 4 is 16.5 Å². The molecule has 4 rings (SSSR count). The third-order valence-electron chi connectivity index (χ3n) is 4.35. The lowest BCUT2D eigenvalue weighted by molar-refractivity contribution is 0.341. The fourth-order valence-corrected chi connectivity index (χ4v) is 3.01. The minimum atomic E-state index is -0.416. The van der Waals surface area contributed by atoms with Crippen molar-refractivity contribution in [2.75, 3.05) is 20.3 Å². The van der Waals surface area contributed by atoms with Gasteiger partial charge in [0.15, 0.2) is 0 Å². The Morgan fingerprint density at radius 2 is 1.85 bits per heavy atom. The standard InChI is InChI=1S/C21H18O5/c1-13-3-8-18-17(11-13)20-19(21(22)26-18)14(9-10-24-20)12-25-16-6-4-15(23-2)5-7-16/h3-9,11H,10,12H2,1-2H3. The molecule has 0 saturated carbocycles. The zero-order chi connectivity index (χ0) is 18.1. The van der Waals surface area contributed by atoms with Crippen LogP contribution in [0, 0.1) is 6.92 Å². The zero-order valence-corrected chi connectivity index (χ0v) is 14.6. The van der Waals surface area contributed by atoms with Gasteiger partial charge in [0, 0.05) is 5.57 Å². The molecular formula is C21H18O5. The van der Waals surface area contributed by atoms with Crippen LogP contribution in [0.2, 0.25) is 0 Å². The molecule has 26 heavy (non-hydrogen) atoms. The van der Waals surface area contributed by atoms with Crippen molar-refractivity contribution in [2.24, 2.45) is 0 Å². The lowest BCUT2D eigenvalue weighted by atomic mass is 10.0. The predicted molar refractivity (Wildman–Crippen MR) is 99.2 cm³/mol. The summed E-state index contributed by atoms with van der Waals surface area (Å²) in [6.07, 6.45) is 1.85. The molecule has 0 aliphatic carbocycles. The van der Waals surface area contributed by atoms with Gasteiger partial charge < -0.3 is 18.6 Å². The average molecular weight is 350 g/mol. The fourth-order valence-electron chi connectivity index (χ4n) is 3.01. The number of hydrogen-bond acceptors (Lipinski definition) is 5. The van der Waals surface area contributed by atoms with Gasteiger partial charge in [-0.05, 0) is 49.4 Å². The Bertz CT molecular complexity index is 1040. The summed E-state index contributed by atoms with van der Waals surface area (Å²) in [5.74, 6) is 2.02. The van der Waals surface area contributed by atoms with Crippen LogP contribution in [0.5, 0.6) is 17.2 Å². The van der Waals surface area contributed by atoms with E-state index < -0.39 is 5.63 Å². The number of hydrogen-bond donors (Lipinski definition) is 0. The van der Waals surface area contributed by atoms with Crippen LogP contribution in [0.15, 0.2) is 57.8 Å². The molecule has 2 heterocycles. The Kier molecular flexibility index (Phi) is 4.13. The van der Waals surface area contributed by atoms with Gasteiger partial charge in [0.1, 0.15) is 41.6 Å². The molecule has 132 valence electrons. The van der Waals surface area contributed by atoms with E-state index in [1.54, 1.807) is 13.2 Å². The maximum Gasteiger partial charge on any atom is 0.347 e. The third kappa shape index (κ3) is 2.92. The van der Waals surface area contributed by atoms with Crippen LogP contribution in [0.4, 0.5) is 0 Å². The van der Waals surface area contributed by atoms with Gasteiger partial charge in [0.2, 0.25) is 0 Å². The Morgan fingerprint density at radius 1 is 1.08 bits per heavy atom.